The minimum atomic E-state index is -3.17. The van der Waals surface area contributed by atoms with Gasteiger partial charge in [0.15, 0.2) is 17.6 Å². The molecule has 50 heavy (non-hydrogen) atoms. The van der Waals surface area contributed by atoms with Gasteiger partial charge in [0.1, 0.15) is 11.4 Å². The van der Waals surface area contributed by atoms with E-state index in [0.29, 0.717) is 34.1 Å². The van der Waals surface area contributed by atoms with Gasteiger partial charge in [-0.2, -0.15) is 8.78 Å². The monoisotopic (exact) mass is 705 g/mol. The van der Waals surface area contributed by atoms with Gasteiger partial charge < -0.3 is 9.47 Å². The molecule has 3 unspecified atom stereocenters. The van der Waals surface area contributed by atoms with Crippen molar-refractivity contribution in [1.29, 1.82) is 0 Å². The summed E-state index contributed by atoms with van der Waals surface area (Å²) in [4.78, 5) is 13.5. The summed E-state index contributed by atoms with van der Waals surface area (Å²) < 4.78 is 42.2. The van der Waals surface area contributed by atoms with Crippen molar-refractivity contribution >= 4 is 14.7 Å². The topological polar surface area (TPSA) is 57.1 Å². The van der Waals surface area contributed by atoms with Crippen LogP contribution in [0.3, 0.4) is 0 Å². The van der Waals surface area contributed by atoms with E-state index in [9.17, 15) is 0 Å². The van der Waals surface area contributed by atoms with Crippen molar-refractivity contribution in [3.63, 3.8) is 0 Å². The summed E-state index contributed by atoms with van der Waals surface area (Å²) in [5.41, 5.74) is 2.06. The SMILES string of the molecule is CCCCCCOCCCCC1Oc2ccc(-c3ncc(-c4ccccc4[Si]CCC(C)CCCCC(C)CCCCC)cn3)nc2C1(F)F. The van der Waals surface area contributed by atoms with Crippen molar-refractivity contribution < 1.29 is 18.3 Å². The quantitative estimate of drug-likeness (QED) is 0.0649. The average Bonchev–Trinajstić information content (AvgIpc) is 3.38. The highest BCUT2D eigenvalue weighted by Crippen LogP contribution is 2.46. The first-order chi connectivity index (χ1) is 24.3. The molecule has 0 fully saturated rings. The van der Waals surface area contributed by atoms with Crippen LogP contribution < -0.4 is 9.92 Å². The van der Waals surface area contributed by atoms with Crippen molar-refractivity contribution in [2.24, 2.45) is 11.8 Å². The second-order valence-corrected chi connectivity index (χ2v) is 15.9. The molecule has 274 valence electrons. The summed E-state index contributed by atoms with van der Waals surface area (Å²) in [6.07, 6.45) is 20.6. The van der Waals surface area contributed by atoms with E-state index in [1.54, 1.807) is 24.5 Å². The lowest BCUT2D eigenvalue weighted by atomic mass is 9.94. The van der Waals surface area contributed by atoms with Gasteiger partial charge in [-0.3, -0.25) is 0 Å². The number of benzene rings is 1. The Kier molecular flexibility index (Phi) is 17.3. The maximum atomic E-state index is 15.4. The van der Waals surface area contributed by atoms with E-state index < -0.39 is 12.0 Å². The van der Waals surface area contributed by atoms with Gasteiger partial charge in [0.05, 0.1) is 9.52 Å². The third kappa shape index (κ3) is 12.5. The third-order valence-corrected chi connectivity index (χ3v) is 11.4. The van der Waals surface area contributed by atoms with Crippen LogP contribution in [0.4, 0.5) is 8.78 Å². The van der Waals surface area contributed by atoms with Gasteiger partial charge in [-0.05, 0) is 55.2 Å². The fourth-order valence-electron chi connectivity index (χ4n) is 6.75. The normalized spacial score (nSPS) is 16.2. The molecule has 1 aliphatic heterocycles. The first kappa shape index (κ1) is 40.1. The summed E-state index contributed by atoms with van der Waals surface area (Å²) in [5.74, 6) is -1.10. The summed E-state index contributed by atoms with van der Waals surface area (Å²) in [6.45, 7) is 10.6. The van der Waals surface area contributed by atoms with E-state index in [1.807, 2.05) is 6.07 Å². The second-order valence-electron chi connectivity index (χ2n) is 14.5. The molecule has 0 amide bonds. The Morgan fingerprint density at radius 2 is 1.42 bits per heavy atom. The molecule has 2 radical (unpaired) electrons. The number of halogens is 2. The lowest BCUT2D eigenvalue weighted by molar-refractivity contribution is -0.0821. The molecule has 0 aliphatic carbocycles. The van der Waals surface area contributed by atoms with Crippen LogP contribution in [0.25, 0.3) is 22.6 Å². The lowest BCUT2D eigenvalue weighted by Crippen LogP contribution is -2.30. The number of hydrogen-bond acceptors (Lipinski definition) is 5. The highest BCUT2D eigenvalue weighted by Gasteiger charge is 2.52. The van der Waals surface area contributed by atoms with E-state index in [4.69, 9.17) is 9.47 Å². The fourth-order valence-corrected chi connectivity index (χ4v) is 8.29. The predicted molar refractivity (Wildman–Crippen MR) is 204 cm³/mol. The Balaban J connectivity index is 1.24. The molecule has 0 N–H and O–H groups in total. The van der Waals surface area contributed by atoms with Crippen molar-refractivity contribution in [3.05, 3.63) is 54.5 Å². The fraction of sp³-hybridized carbons (Fsp3) is 0.643. The standard InChI is InChI=1S/C42H61F2N3O2Si/c1-5-7-9-16-27-48-28-17-15-23-39-42(43,44)40-37(49-39)25-24-36(47-40)41-45-30-34(31-46-41)35-21-13-14-22-38(35)50-29-26-33(4)20-12-11-19-32(3)18-10-8-6-2/h13-14,21-22,24-25,30-33,39H,5-12,15-20,23,26-29H2,1-4H3. The minimum Gasteiger partial charge on any atom is -0.482 e. The molecular weight excluding hydrogens is 645 g/mol. The van der Waals surface area contributed by atoms with Crippen molar-refractivity contribution in [2.45, 2.75) is 148 Å². The number of hydrogen-bond donors (Lipinski definition) is 0. The van der Waals surface area contributed by atoms with E-state index >= 15 is 8.78 Å². The Bertz CT molecular complexity index is 1390. The molecule has 2 aromatic heterocycles. The highest BCUT2D eigenvalue weighted by molar-refractivity contribution is 6.55. The molecule has 0 saturated heterocycles. The van der Waals surface area contributed by atoms with Crippen LogP contribution in [0.2, 0.25) is 6.04 Å². The zero-order chi connectivity index (χ0) is 35.6. The van der Waals surface area contributed by atoms with Crippen molar-refractivity contribution in [2.75, 3.05) is 13.2 Å². The van der Waals surface area contributed by atoms with Crippen LogP contribution in [-0.4, -0.2) is 43.8 Å². The van der Waals surface area contributed by atoms with E-state index in [2.05, 4.69) is 60.8 Å². The zero-order valence-electron chi connectivity index (χ0n) is 31.2. The largest absolute Gasteiger partial charge is 0.482 e. The maximum absolute atomic E-state index is 15.4. The zero-order valence-corrected chi connectivity index (χ0v) is 32.2. The van der Waals surface area contributed by atoms with Crippen molar-refractivity contribution in [1.82, 2.24) is 15.0 Å². The third-order valence-electron chi connectivity index (χ3n) is 10.0. The number of ether oxygens (including phenoxy) is 2. The van der Waals surface area contributed by atoms with Gasteiger partial charge >= 0.3 is 5.92 Å². The summed E-state index contributed by atoms with van der Waals surface area (Å²) in [5, 5.41) is 1.31. The summed E-state index contributed by atoms with van der Waals surface area (Å²) >= 11 is 0. The molecule has 3 aromatic rings. The van der Waals surface area contributed by atoms with Gasteiger partial charge in [0.25, 0.3) is 0 Å². The number of unbranched alkanes of at least 4 members (excludes halogenated alkanes) is 7. The molecule has 0 spiro atoms. The van der Waals surface area contributed by atoms with E-state index in [1.165, 1.54) is 88.3 Å². The molecule has 3 heterocycles. The summed E-state index contributed by atoms with van der Waals surface area (Å²) in [7, 11) is 0.714. The lowest BCUT2D eigenvalue weighted by Gasteiger charge is -2.17. The van der Waals surface area contributed by atoms with Gasteiger partial charge in [0, 0.05) is 31.2 Å². The molecule has 4 rings (SSSR count). The van der Waals surface area contributed by atoms with Gasteiger partial charge in [-0.15, -0.1) is 0 Å². The van der Waals surface area contributed by atoms with Gasteiger partial charge in [-0.25, -0.2) is 15.0 Å². The molecule has 1 aliphatic rings. The maximum Gasteiger partial charge on any atom is 0.329 e. The van der Waals surface area contributed by atoms with Crippen LogP contribution in [-0.2, 0) is 10.7 Å². The van der Waals surface area contributed by atoms with Crippen LogP contribution in [0, 0.1) is 11.8 Å². The van der Waals surface area contributed by atoms with E-state index in [0.717, 1.165) is 42.4 Å². The number of fused-ring (bicyclic) bond motifs is 1. The number of pyridine rings is 1. The van der Waals surface area contributed by atoms with Crippen LogP contribution in [0.15, 0.2) is 48.8 Å². The molecule has 1 aromatic carbocycles. The molecule has 5 nitrogen and oxygen atoms in total. The summed E-state index contributed by atoms with van der Waals surface area (Å²) in [6, 6.07) is 12.9. The van der Waals surface area contributed by atoms with Crippen LogP contribution in [0.1, 0.15) is 136 Å². The van der Waals surface area contributed by atoms with Gasteiger partial charge in [-0.1, -0.05) is 140 Å². The van der Waals surface area contributed by atoms with Crippen LogP contribution >= 0.6 is 0 Å². The Morgan fingerprint density at radius 1 is 0.780 bits per heavy atom. The Hall–Kier alpha value is -2.71. The molecule has 8 heteroatoms. The molecule has 3 atom stereocenters. The number of rotatable bonds is 25. The van der Waals surface area contributed by atoms with Crippen molar-refractivity contribution in [3.8, 4) is 28.4 Å². The first-order valence-corrected chi connectivity index (χ1v) is 20.8. The predicted octanol–water partition coefficient (Wildman–Crippen LogP) is 11.4. The molecule has 0 bridgehead atoms. The Labute approximate surface area is 303 Å². The van der Waals surface area contributed by atoms with Gasteiger partial charge in [0.2, 0.25) is 0 Å². The first-order valence-electron chi connectivity index (χ1n) is 19.6. The minimum absolute atomic E-state index is 0.143. The molecular formula is C42H61F2N3O2Si. The number of aromatic nitrogens is 3. The Morgan fingerprint density at radius 3 is 2.14 bits per heavy atom. The second kappa shape index (κ2) is 21.6. The van der Waals surface area contributed by atoms with Crippen LogP contribution in [0.5, 0.6) is 5.75 Å². The average molecular weight is 706 g/mol. The number of nitrogens with zero attached hydrogens (tertiary/aromatic N) is 3. The van der Waals surface area contributed by atoms with E-state index in [-0.39, 0.29) is 17.9 Å². The molecule has 0 saturated carbocycles. The number of alkyl halides is 2. The smallest absolute Gasteiger partial charge is 0.329 e. The highest BCUT2D eigenvalue weighted by atomic mass is 28.2.